The Morgan fingerprint density at radius 2 is 1.84 bits per heavy atom. The molecule has 2 aromatic carbocycles. The van der Waals surface area contributed by atoms with Crippen molar-refractivity contribution in [3.05, 3.63) is 96.3 Å². The molecule has 0 saturated carbocycles. The van der Waals surface area contributed by atoms with Gasteiger partial charge in [-0.05, 0) is 74.3 Å². The first-order valence-electron chi connectivity index (χ1n) is 13.9. The lowest BCUT2D eigenvalue weighted by molar-refractivity contribution is 0.466. The number of nitrogens with zero attached hydrogens (tertiary/aromatic N) is 4. The summed E-state index contributed by atoms with van der Waals surface area (Å²) in [4.78, 5) is 17.7. The highest BCUT2D eigenvalue weighted by molar-refractivity contribution is 7.91. The summed E-state index contributed by atoms with van der Waals surface area (Å²) in [5, 5.41) is 7.64. The van der Waals surface area contributed by atoms with Crippen LogP contribution in [0.1, 0.15) is 24.1 Å². The van der Waals surface area contributed by atoms with Gasteiger partial charge in [0, 0.05) is 41.9 Å². The van der Waals surface area contributed by atoms with Crippen LogP contribution in [0.15, 0.2) is 79.3 Å². The highest BCUT2D eigenvalue weighted by Crippen LogP contribution is 2.39. The van der Waals surface area contributed by atoms with Crippen LogP contribution in [0.2, 0.25) is 0 Å². The molecule has 220 valence electrons. The van der Waals surface area contributed by atoms with E-state index >= 15 is 4.39 Å². The third-order valence-electron chi connectivity index (χ3n) is 7.15. The predicted octanol–water partition coefficient (Wildman–Crippen LogP) is 5.43. The summed E-state index contributed by atoms with van der Waals surface area (Å²) in [6.07, 6.45) is 6.93. The second-order valence-corrected chi connectivity index (χ2v) is 12.0. The molecule has 12 heteroatoms. The van der Waals surface area contributed by atoms with Crippen molar-refractivity contribution in [2.75, 3.05) is 23.1 Å². The molecule has 0 unspecified atom stereocenters. The minimum Gasteiger partial charge on any atom is -0.437 e. The Balaban J connectivity index is 1.33. The van der Waals surface area contributed by atoms with E-state index in [0.29, 0.717) is 45.3 Å². The number of piperidine rings is 1. The van der Waals surface area contributed by atoms with Crippen LogP contribution in [0.25, 0.3) is 22.0 Å². The quantitative estimate of drug-likeness (QED) is 0.203. The second kappa shape index (κ2) is 12.3. The van der Waals surface area contributed by atoms with Crippen LogP contribution in [0, 0.1) is 12.7 Å². The van der Waals surface area contributed by atoms with Crippen LogP contribution < -0.4 is 20.1 Å². The zero-order valence-corrected chi connectivity index (χ0v) is 24.2. The molecule has 0 radical (unpaired) electrons. The van der Waals surface area contributed by atoms with Crippen LogP contribution in [0.3, 0.4) is 0 Å². The molecule has 0 bridgehead atoms. The van der Waals surface area contributed by atoms with Gasteiger partial charge in [0.25, 0.3) is 0 Å². The highest BCUT2D eigenvalue weighted by Gasteiger charge is 2.21. The number of fused-ring (bicyclic) bond motifs is 1. The van der Waals surface area contributed by atoms with Gasteiger partial charge in [-0.25, -0.2) is 27.8 Å². The van der Waals surface area contributed by atoms with Crippen molar-refractivity contribution in [2.24, 2.45) is 0 Å². The SMILES string of the molecule is Cc1ccc2c(NS(=O)(=O)Cc3ccccn3)c(F)ccc2c1Oc1ncccc1-c1ccnc(N[C@H]2CCCNC2)n1. The van der Waals surface area contributed by atoms with E-state index in [1.165, 1.54) is 12.3 Å². The van der Waals surface area contributed by atoms with Gasteiger partial charge in [0.15, 0.2) is 0 Å². The van der Waals surface area contributed by atoms with E-state index in [-0.39, 0.29) is 11.7 Å². The number of halogens is 1. The second-order valence-electron chi connectivity index (χ2n) is 10.3. The molecular formula is C31H30FN7O3S. The Labute approximate surface area is 248 Å². The molecule has 1 aliphatic heterocycles. The molecule has 1 atom stereocenters. The third kappa shape index (κ3) is 6.55. The number of rotatable bonds is 9. The fraction of sp³-hybridized carbons (Fsp3) is 0.226. The largest absolute Gasteiger partial charge is 0.437 e. The number of hydrogen-bond donors (Lipinski definition) is 3. The summed E-state index contributed by atoms with van der Waals surface area (Å²) >= 11 is 0. The number of sulfonamides is 1. The number of anilines is 2. The Morgan fingerprint density at radius 1 is 0.977 bits per heavy atom. The van der Waals surface area contributed by atoms with E-state index in [4.69, 9.17) is 9.72 Å². The van der Waals surface area contributed by atoms with Crippen LogP contribution in [0.5, 0.6) is 11.6 Å². The first kappa shape index (κ1) is 28.4. The summed E-state index contributed by atoms with van der Waals surface area (Å²) in [6, 6.07) is 16.9. The molecule has 5 aromatic rings. The van der Waals surface area contributed by atoms with E-state index < -0.39 is 21.6 Å². The Hall–Kier alpha value is -4.68. The van der Waals surface area contributed by atoms with Crippen LogP contribution in [-0.4, -0.2) is 47.5 Å². The molecule has 1 saturated heterocycles. The lowest BCUT2D eigenvalue weighted by atomic mass is 10.0. The van der Waals surface area contributed by atoms with Gasteiger partial charge >= 0.3 is 0 Å². The topological polar surface area (TPSA) is 131 Å². The molecule has 1 fully saturated rings. The smallest absolute Gasteiger partial charge is 0.238 e. The van der Waals surface area contributed by atoms with Gasteiger partial charge in [0.1, 0.15) is 17.3 Å². The summed E-state index contributed by atoms with van der Waals surface area (Å²) < 4.78 is 49.9. The van der Waals surface area contributed by atoms with Gasteiger partial charge in [0.2, 0.25) is 21.9 Å². The van der Waals surface area contributed by atoms with Gasteiger partial charge in [-0.3, -0.25) is 9.71 Å². The first-order chi connectivity index (χ1) is 20.9. The Bertz CT molecular complexity index is 1870. The molecule has 10 nitrogen and oxygen atoms in total. The summed E-state index contributed by atoms with van der Waals surface area (Å²) in [5.41, 5.74) is 2.20. The molecule has 43 heavy (non-hydrogen) atoms. The van der Waals surface area contributed by atoms with E-state index in [9.17, 15) is 8.42 Å². The van der Waals surface area contributed by atoms with Gasteiger partial charge in [0.05, 0.1) is 22.6 Å². The van der Waals surface area contributed by atoms with Crippen molar-refractivity contribution in [1.82, 2.24) is 25.3 Å². The van der Waals surface area contributed by atoms with E-state index in [1.807, 2.05) is 13.0 Å². The van der Waals surface area contributed by atoms with E-state index in [1.54, 1.807) is 60.9 Å². The summed E-state index contributed by atoms with van der Waals surface area (Å²) in [6.45, 7) is 3.71. The van der Waals surface area contributed by atoms with Crippen molar-refractivity contribution >= 4 is 32.4 Å². The van der Waals surface area contributed by atoms with Gasteiger partial charge in [-0.2, -0.15) is 0 Å². The monoisotopic (exact) mass is 599 g/mol. The minimum absolute atomic E-state index is 0.164. The van der Waals surface area contributed by atoms with Crippen LogP contribution in [0.4, 0.5) is 16.0 Å². The number of pyridine rings is 2. The standard InChI is InChI=1S/C31H30FN7O3S/c1-20-9-10-23-24(11-12-26(32)28(23)39-43(40,41)19-22-6-2-3-15-34-22)29(20)42-30-25(8-5-16-35-30)27-13-17-36-31(38-27)37-21-7-4-14-33-18-21/h2-3,5-6,8-13,15-17,21,33,39H,4,7,14,18-19H2,1H3,(H,36,37,38)/t21-/m0/s1. The third-order valence-corrected chi connectivity index (χ3v) is 8.34. The Kier molecular flexibility index (Phi) is 8.12. The molecule has 6 rings (SSSR count). The summed E-state index contributed by atoms with van der Waals surface area (Å²) in [5.74, 6) is 0.121. The maximum absolute atomic E-state index is 15.1. The lowest BCUT2D eigenvalue weighted by Gasteiger charge is -2.23. The highest BCUT2D eigenvalue weighted by atomic mass is 32.2. The van der Waals surface area contributed by atoms with Crippen molar-refractivity contribution in [2.45, 2.75) is 31.6 Å². The van der Waals surface area contributed by atoms with Gasteiger partial charge in [-0.1, -0.05) is 18.2 Å². The van der Waals surface area contributed by atoms with Gasteiger partial charge in [-0.15, -0.1) is 0 Å². The minimum atomic E-state index is -3.97. The maximum Gasteiger partial charge on any atom is 0.238 e. The Morgan fingerprint density at radius 3 is 2.65 bits per heavy atom. The molecular weight excluding hydrogens is 569 g/mol. The number of nitrogens with one attached hydrogen (secondary N) is 3. The average Bonchev–Trinajstić information content (AvgIpc) is 3.01. The molecule has 0 amide bonds. The van der Waals surface area contributed by atoms with E-state index in [2.05, 4.69) is 30.3 Å². The number of hydrogen-bond acceptors (Lipinski definition) is 9. The molecule has 3 N–H and O–H groups in total. The number of aromatic nitrogens is 4. The van der Waals surface area contributed by atoms with Gasteiger partial charge < -0.3 is 15.4 Å². The fourth-order valence-electron chi connectivity index (χ4n) is 5.07. The molecule has 4 heterocycles. The zero-order chi connectivity index (χ0) is 29.8. The number of benzene rings is 2. The first-order valence-corrected chi connectivity index (χ1v) is 15.6. The zero-order valence-electron chi connectivity index (χ0n) is 23.4. The molecule has 0 aliphatic carbocycles. The van der Waals surface area contributed by atoms with Crippen molar-refractivity contribution in [1.29, 1.82) is 0 Å². The van der Waals surface area contributed by atoms with E-state index in [0.717, 1.165) is 31.5 Å². The molecule has 1 aliphatic rings. The molecule has 0 spiro atoms. The number of aryl methyl sites for hydroxylation is 1. The predicted molar refractivity (Wildman–Crippen MR) is 164 cm³/mol. The van der Waals surface area contributed by atoms with Crippen molar-refractivity contribution in [3.63, 3.8) is 0 Å². The van der Waals surface area contributed by atoms with Crippen LogP contribution >= 0.6 is 0 Å². The normalized spacial score (nSPS) is 15.3. The lowest BCUT2D eigenvalue weighted by Crippen LogP contribution is -2.38. The maximum atomic E-state index is 15.1. The fourth-order valence-corrected chi connectivity index (χ4v) is 6.22. The number of ether oxygens (including phenoxy) is 1. The average molecular weight is 600 g/mol. The van der Waals surface area contributed by atoms with Crippen molar-refractivity contribution < 1.29 is 17.5 Å². The summed E-state index contributed by atoms with van der Waals surface area (Å²) in [7, 11) is -3.97. The molecule has 3 aromatic heterocycles. The van der Waals surface area contributed by atoms with Crippen molar-refractivity contribution in [3.8, 4) is 22.9 Å². The van der Waals surface area contributed by atoms with Crippen LogP contribution in [-0.2, 0) is 15.8 Å².